The maximum atomic E-state index is 10.5. The van der Waals surface area contributed by atoms with Gasteiger partial charge in [-0.15, -0.1) is 0 Å². The average molecular weight is 191 g/mol. The van der Waals surface area contributed by atoms with Crippen LogP contribution in [0.15, 0.2) is 0 Å². The molecule has 0 aliphatic carbocycles. The zero-order valence-electron chi connectivity index (χ0n) is 6.87. The lowest BCUT2D eigenvalue weighted by Gasteiger charge is -2.01. The summed E-state index contributed by atoms with van der Waals surface area (Å²) in [4.78, 5) is 20.5. The molecule has 0 saturated heterocycles. The summed E-state index contributed by atoms with van der Waals surface area (Å²) in [5, 5.41) is 9.94. The fourth-order valence-corrected chi connectivity index (χ4v) is 1.34. The molecule has 0 heterocycles. The first-order valence-electron chi connectivity index (χ1n) is 3.51. The molecule has 0 atom stereocenters. The summed E-state index contributed by atoms with van der Waals surface area (Å²) < 4.78 is 4.40. The molecule has 0 radical (unpaired) electrons. The van der Waals surface area contributed by atoms with Crippen molar-refractivity contribution in [3.63, 3.8) is 0 Å². The van der Waals surface area contributed by atoms with Gasteiger partial charge in [0.25, 0.3) is 0 Å². The first-order valence-corrected chi connectivity index (χ1v) is 4.66. The largest absolute Gasteiger partial charge is 0.550 e. The monoisotopic (exact) mass is 191 g/mol. The van der Waals surface area contributed by atoms with Crippen LogP contribution in [0.3, 0.4) is 0 Å². The van der Waals surface area contributed by atoms with E-state index in [1.807, 2.05) is 0 Å². The Labute approximate surface area is 75.3 Å². The van der Waals surface area contributed by atoms with Gasteiger partial charge in [-0.25, -0.2) is 0 Å². The average Bonchev–Trinajstić information content (AvgIpc) is 2.03. The molecule has 12 heavy (non-hydrogen) atoms. The molecule has 0 fully saturated rings. The zero-order chi connectivity index (χ0) is 9.40. The SMILES string of the molecule is COC(=O)CCSCCC(=O)[O-]. The van der Waals surface area contributed by atoms with Gasteiger partial charge in [-0.2, -0.15) is 11.8 Å². The van der Waals surface area contributed by atoms with Gasteiger partial charge in [-0.3, -0.25) is 4.79 Å². The highest BCUT2D eigenvalue weighted by molar-refractivity contribution is 7.99. The quantitative estimate of drug-likeness (QED) is 0.415. The molecular weight excluding hydrogens is 180 g/mol. The second-order valence-electron chi connectivity index (χ2n) is 2.06. The number of hydrogen-bond acceptors (Lipinski definition) is 5. The molecule has 0 spiro atoms. The van der Waals surface area contributed by atoms with E-state index in [2.05, 4.69) is 4.74 Å². The van der Waals surface area contributed by atoms with Gasteiger partial charge in [-0.05, 0) is 12.2 Å². The molecule has 0 N–H and O–H groups in total. The van der Waals surface area contributed by atoms with Crippen LogP contribution in [0.25, 0.3) is 0 Å². The maximum absolute atomic E-state index is 10.5. The molecular formula is C7H11O4S-. The third kappa shape index (κ3) is 7.40. The molecule has 0 unspecified atom stereocenters. The first-order chi connectivity index (χ1) is 5.66. The first kappa shape index (κ1) is 11.3. The van der Waals surface area contributed by atoms with Crippen LogP contribution >= 0.6 is 11.8 Å². The summed E-state index contributed by atoms with van der Waals surface area (Å²) in [6.07, 6.45) is 0.361. The van der Waals surface area contributed by atoms with Crippen molar-refractivity contribution in [2.24, 2.45) is 0 Å². The number of thioether (sulfide) groups is 1. The molecule has 0 saturated carbocycles. The van der Waals surface area contributed by atoms with Gasteiger partial charge in [0.2, 0.25) is 0 Å². The van der Waals surface area contributed by atoms with E-state index in [9.17, 15) is 14.7 Å². The summed E-state index contributed by atoms with van der Waals surface area (Å²) in [6.45, 7) is 0. The number of carbonyl (C=O) groups is 2. The predicted molar refractivity (Wildman–Crippen MR) is 43.6 cm³/mol. The van der Waals surface area contributed by atoms with E-state index in [1.165, 1.54) is 18.9 Å². The van der Waals surface area contributed by atoms with Crippen molar-refractivity contribution in [3.05, 3.63) is 0 Å². The van der Waals surface area contributed by atoms with Crippen LogP contribution in [0.2, 0.25) is 0 Å². The minimum atomic E-state index is -1.06. The fraction of sp³-hybridized carbons (Fsp3) is 0.714. The molecule has 4 nitrogen and oxygen atoms in total. The van der Waals surface area contributed by atoms with Gasteiger partial charge in [0.1, 0.15) is 0 Å². The van der Waals surface area contributed by atoms with Crippen molar-refractivity contribution in [1.29, 1.82) is 0 Å². The number of rotatable bonds is 6. The maximum Gasteiger partial charge on any atom is 0.306 e. The lowest BCUT2D eigenvalue weighted by atomic mass is 10.5. The normalized spacial score (nSPS) is 9.42. The fourth-order valence-electron chi connectivity index (χ4n) is 0.515. The standard InChI is InChI=1S/C7H12O4S/c1-11-7(10)3-5-12-4-2-6(8)9/h2-5H2,1H3,(H,8,9)/p-1. The van der Waals surface area contributed by atoms with Gasteiger partial charge < -0.3 is 14.6 Å². The minimum Gasteiger partial charge on any atom is -0.550 e. The lowest BCUT2D eigenvalue weighted by Crippen LogP contribution is -2.22. The molecule has 0 aliphatic rings. The number of aliphatic carboxylic acids is 1. The number of carboxylic acid groups (broad SMARTS) is 1. The Morgan fingerprint density at radius 2 is 1.92 bits per heavy atom. The van der Waals surface area contributed by atoms with Crippen molar-refractivity contribution in [2.75, 3.05) is 18.6 Å². The zero-order valence-corrected chi connectivity index (χ0v) is 7.69. The van der Waals surface area contributed by atoms with E-state index in [0.29, 0.717) is 17.9 Å². The third-order valence-corrected chi connectivity index (χ3v) is 2.11. The van der Waals surface area contributed by atoms with Crippen LogP contribution < -0.4 is 5.11 Å². The summed E-state index contributed by atoms with van der Waals surface area (Å²) >= 11 is 1.40. The second kappa shape index (κ2) is 6.97. The lowest BCUT2D eigenvalue weighted by molar-refractivity contribution is -0.305. The van der Waals surface area contributed by atoms with Crippen LogP contribution in [0.5, 0.6) is 0 Å². The predicted octanol–water partition coefficient (Wildman–Crippen LogP) is -0.577. The topological polar surface area (TPSA) is 66.4 Å². The number of hydrogen-bond donors (Lipinski definition) is 0. The highest BCUT2D eigenvalue weighted by Gasteiger charge is 1.98. The Balaban J connectivity index is 3.11. The molecule has 0 amide bonds. The second-order valence-corrected chi connectivity index (χ2v) is 3.29. The number of esters is 1. The molecule has 0 aromatic carbocycles. The highest BCUT2D eigenvalue weighted by atomic mass is 32.2. The van der Waals surface area contributed by atoms with E-state index >= 15 is 0 Å². The summed E-state index contributed by atoms with van der Waals surface area (Å²) in [5.74, 6) is -0.240. The van der Waals surface area contributed by atoms with Gasteiger partial charge in [-0.1, -0.05) is 0 Å². The smallest absolute Gasteiger partial charge is 0.306 e. The van der Waals surface area contributed by atoms with E-state index in [-0.39, 0.29) is 12.4 Å². The summed E-state index contributed by atoms with van der Waals surface area (Å²) in [5.41, 5.74) is 0. The van der Waals surface area contributed by atoms with Crippen molar-refractivity contribution in [2.45, 2.75) is 12.8 Å². The summed E-state index contributed by atoms with van der Waals surface area (Å²) in [7, 11) is 1.33. The van der Waals surface area contributed by atoms with Crippen molar-refractivity contribution < 1.29 is 19.4 Å². The molecule has 5 heteroatoms. The van der Waals surface area contributed by atoms with Crippen molar-refractivity contribution >= 4 is 23.7 Å². The molecule has 70 valence electrons. The summed E-state index contributed by atoms with van der Waals surface area (Å²) in [6, 6.07) is 0. The molecule has 0 rings (SSSR count). The Morgan fingerprint density at radius 1 is 1.33 bits per heavy atom. The minimum absolute atomic E-state index is 0.0336. The van der Waals surface area contributed by atoms with E-state index < -0.39 is 5.97 Å². The van der Waals surface area contributed by atoms with Crippen molar-refractivity contribution in [1.82, 2.24) is 0 Å². The molecule has 0 aromatic rings. The Morgan fingerprint density at radius 3 is 2.42 bits per heavy atom. The van der Waals surface area contributed by atoms with E-state index in [0.717, 1.165) is 0 Å². The van der Waals surface area contributed by atoms with Crippen LogP contribution in [0.1, 0.15) is 12.8 Å². The van der Waals surface area contributed by atoms with Gasteiger partial charge >= 0.3 is 5.97 Å². The van der Waals surface area contributed by atoms with E-state index in [1.54, 1.807) is 0 Å². The Hall–Kier alpha value is -0.710. The third-order valence-electron chi connectivity index (χ3n) is 1.13. The van der Waals surface area contributed by atoms with Crippen LogP contribution in [-0.2, 0) is 14.3 Å². The highest BCUT2D eigenvalue weighted by Crippen LogP contribution is 2.04. The van der Waals surface area contributed by atoms with Crippen LogP contribution in [0.4, 0.5) is 0 Å². The molecule has 0 aliphatic heterocycles. The number of carbonyl (C=O) groups excluding carboxylic acids is 2. The van der Waals surface area contributed by atoms with E-state index in [4.69, 9.17) is 0 Å². The van der Waals surface area contributed by atoms with Crippen molar-refractivity contribution in [3.8, 4) is 0 Å². The van der Waals surface area contributed by atoms with Gasteiger partial charge in [0.05, 0.1) is 13.5 Å². The van der Waals surface area contributed by atoms with Crippen LogP contribution in [-0.4, -0.2) is 30.6 Å². The number of methoxy groups -OCH3 is 1. The molecule has 0 aromatic heterocycles. The number of carboxylic acids is 1. The van der Waals surface area contributed by atoms with Gasteiger partial charge in [0.15, 0.2) is 0 Å². The number of ether oxygens (including phenoxy) is 1. The Bertz CT molecular complexity index is 157. The van der Waals surface area contributed by atoms with Gasteiger partial charge in [0, 0.05) is 11.7 Å². The van der Waals surface area contributed by atoms with Crippen LogP contribution in [0, 0.1) is 0 Å². The Kier molecular flexibility index (Phi) is 6.55. The molecule has 0 bridgehead atoms.